The molecule has 0 aliphatic carbocycles. The van der Waals surface area contributed by atoms with Crippen LogP contribution in [0.2, 0.25) is 0 Å². The van der Waals surface area contributed by atoms with Crippen LogP contribution in [-0.2, 0) is 21.2 Å². The normalized spacial score (nSPS) is 11.8. The number of nitrogens with one attached hydrogen (secondary N) is 3. The topological polar surface area (TPSA) is 135 Å². The molecular weight excluding hydrogens is 475 g/mol. The Morgan fingerprint density at radius 3 is 2.47 bits per heavy atom. The predicted molar refractivity (Wildman–Crippen MR) is 118 cm³/mol. The Hall–Kier alpha value is -3.78. The molecule has 3 N–H and O–H groups in total. The lowest BCUT2D eigenvalue weighted by Gasteiger charge is -2.13. The van der Waals surface area contributed by atoms with Gasteiger partial charge in [0.25, 0.3) is 6.43 Å². The van der Waals surface area contributed by atoms with E-state index in [4.69, 9.17) is 4.74 Å². The van der Waals surface area contributed by atoms with Gasteiger partial charge in [-0.05, 0) is 30.3 Å². The van der Waals surface area contributed by atoms with Crippen molar-refractivity contribution in [2.45, 2.75) is 17.9 Å². The van der Waals surface area contributed by atoms with E-state index in [-0.39, 0.29) is 39.9 Å². The van der Waals surface area contributed by atoms with E-state index in [1.807, 2.05) is 0 Å². The molecule has 0 fully saturated rings. The van der Waals surface area contributed by atoms with E-state index >= 15 is 0 Å². The zero-order valence-corrected chi connectivity index (χ0v) is 18.6. The molecule has 0 amide bonds. The van der Waals surface area contributed by atoms with Crippen molar-refractivity contribution in [3.8, 4) is 0 Å². The van der Waals surface area contributed by atoms with Crippen LogP contribution >= 0.6 is 0 Å². The number of halogens is 3. The maximum Gasteiger partial charge on any atom is 0.295 e. The third kappa shape index (κ3) is 5.07. The fourth-order valence-electron chi connectivity index (χ4n) is 3.10. The second kappa shape index (κ2) is 9.23. The second-order valence-electron chi connectivity index (χ2n) is 7.18. The number of aromatic amines is 1. The van der Waals surface area contributed by atoms with E-state index in [1.54, 1.807) is 12.1 Å². The van der Waals surface area contributed by atoms with Crippen LogP contribution in [0.1, 0.15) is 17.9 Å². The van der Waals surface area contributed by atoms with Crippen LogP contribution in [0, 0.1) is 5.82 Å². The van der Waals surface area contributed by atoms with Crippen molar-refractivity contribution in [2.24, 2.45) is 0 Å². The van der Waals surface area contributed by atoms with Gasteiger partial charge in [0.05, 0.1) is 28.6 Å². The minimum atomic E-state index is -3.82. The number of rotatable bonds is 8. The molecule has 0 spiro atoms. The van der Waals surface area contributed by atoms with Gasteiger partial charge in [-0.1, -0.05) is 0 Å². The minimum Gasteiger partial charge on any atom is -0.378 e. The molecule has 34 heavy (non-hydrogen) atoms. The summed E-state index contributed by atoms with van der Waals surface area (Å²) in [4.78, 5) is 10.3. The predicted octanol–water partition coefficient (Wildman–Crippen LogP) is 3.86. The molecule has 0 atom stereocenters. The maximum atomic E-state index is 13.7. The van der Waals surface area contributed by atoms with Crippen molar-refractivity contribution in [1.29, 1.82) is 0 Å². The highest BCUT2D eigenvalue weighted by atomic mass is 32.2. The molecule has 0 aliphatic heterocycles. The van der Waals surface area contributed by atoms with Crippen molar-refractivity contribution < 1.29 is 26.3 Å². The lowest BCUT2D eigenvalue weighted by atomic mass is 10.2. The summed E-state index contributed by atoms with van der Waals surface area (Å²) < 4.78 is 69.6. The minimum absolute atomic E-state index is 0.00906. The molecule has 10 nitrogen and oxygen atoms in total. The molecule has 0 unspecified atom stereocenters. The molecule has 3 heterocycles. The van der Waals surface area contributed by atoms with Gasteiger partial charge in [-0.15, -0.1) is 5.10 Å². The van der Waals surface area contributed by atoms with Crippen molar-refractivity contribution in [1.82, 2.24) is 25.1 Å². The molecule has 0 radical (unpaired) electrons. The number of ether oxygens (including phenoxy) is 1. The molecule has 3 aromatic heterocycles. The van der Waals surface area contributed by atoms with Crippen LogP contribution in [0.15, 0.2) is 41.3 Å². The van der Waals surface area contributed by atoms with Crippen molar-refractivity contribution >= 4 is 44.0 Å². The molecule has 4 rings (SSSR count). The highest BCUT2D eigenvalue weighted by Gasteiger charge is 2.20. The molecule has 1 aromatic carbocycles. The molecule has 178 valence electrons. The Labute approximate surface area is 191 Å². The summed E-state index contributed by atoms with van der Waals surface area (Å²) in [5, 5.41) is 13.7. The van der Waals surface area contributed by atoms with Crippen LogP contribution in [-0.4, -0.2) is 46.9 Å². The lowest BCUT2D eigenvalue weighted by Crippen LogP contribution is -2.05. The Morgan fingerprint density at radius 1 is 1.03 bits per heavy atom. The van der Waals surface area contributed by atoms with Crippen molar-refractivity contribution in [3.05, 3.63) is 53.7 Å². The summed E-state index contributed by atoms with van der Waals surface area (Å²) in [5.74, 6) is -0.876. The number of aromatic nitrogens is 5. The van der Waals surface area contributed by atoms with Gasteiger partial charge in [-0.3, -0.25) is 0 Å². The van der Waals surface area contributed by atoms with E-state index in [9.17, 15) is 21.6 Å². The third-order valence-corrected chi connectivity index (χ3v) is 5.70. The molecular formula is C20H18F3N7O3S. The fourth-order valence-corrected chi connectivity index (χ4v) is 3.95. The standard InChI is InChI=1S/C20H18F3N7O3S/c1-33-9-11-4-6-15(30-29-11)25-16-8-13(17-19(26-16)28-20(27-17)18(22)23)24-12-5-3-10(21)7-14(12)34(2,31)32/h3-8,18H,9H2,1-2H3,(H3,24,25,26,27,28,30). The van der Waals surface area contributed by atoms with Gasteiger partial charge in [-0.25, -0.2) is 31.6 Å². The quantitative estimate of drug-likeness (QED) is 0.334. The van der Waals surface area contributed by atoms with E-state index in [0.29, 0.717) is 11.5 Å². The average molecular weight is 493 g/mol. The average Bonchev–Trinajstić information content (AvgIpc) is 3.21. The molecule has 0 bridgehead atoms. The summed E-state index contributed by atoms with van der Waals surface area (Å²) in [5.41, 5.74) is 0.822. The number of nitrogens with zero attached hydrogens (tertiary/aromatic N) is 4. The zero-order valence-electron chi connectivity index (χ0n) is 17.8. The number of imidazole rings is 1. The Bertz CT molecular complexity index is 1440. The SMILES string of the molecule is COCc1ccc(Nc2cc(Nc3ccc(F)cc3S(C)(=O)=O)c3nc(C(F)F)[nH]c3n2)nn1. The highest BCUT2D eigenvalue weighted by molar-refractivity contribution is 7.90. The number of hydrogen-bond donors (Lipinski definition) is 3. The number of anilines is 4. The zero-order chi connectivity index (χ0) is 24.5. The summed E-state index contributed by atoms with van der Waals surface area (Å²) in [7, 11) is -2.29. The molecule has 0 saturated carbocycles. The van der Waals surface area contributed by atoms with Crippen LogP contribution in [0.4, 0.5) is 36.2 Å². The van der Waals surface area contributed by atoms with Gasteiger partial charge in [0.15, 0.2) is 27.1 Å². The fraction of sp³-hybridized carbons (Fsp3) is 0.200. The van der Waals surface area contributed by atoms with Gasteiger partial charge in [0.1, 0.15) is 17.2 Å². The summed E-state index contributed by atoms with van der Waals surface area (Å²) in [6.45, 7) is 0.274. The van der Waals surface area contributed by atoms with Gasteiger partial charge in [0.2, 0.25) is 0 Å². The Morgan fingerprint density at radius 2 is 1.82 bits per heavy atom. The first-order chi connectivity index (χ1) is 16.1. The van der Waals surface area contributed by atoms with Crippen LogP contribution in [0.25, 0.3) is 11.2 Å². The van der Waals surface area contributed by atoms with Crippen LogP contribution in [0.3, 0.4) is 0 Å². The first-order valence-corrected chi connectivity index (χ1v) is 11.6. The Balaban J connectivity index is 1.78. The van der Waals surface area contributed by atoms with Gasteiger partial charge in [0, 0.05) is 19.4 Å². The van der Waals surface area contributed by atoms with Crippen LogP contribution < -0.4 is 10.6 Å². The largest absolute Gasteiger partial charge is 0.378 e. The van der Waals surface area contributed by atoms with Gasteiger partial charge < -0.3 is 20.4 Å². The van der Waals surface area contributed by atoms with Gasteiger partial charge >= 0.3 is 0 Å². The summed E-state index contributed by atoms with van der Waals surface area (Å²) in [6.07, 6.45) is -1.97. The number of benzene rings is 1. The number of pyridine rings is 1. The summed E-state index contributed by atoms with van der Waals surface area (Å²) in [6, 6.07) is 7.89. The second-order valence-corrected chi connectivity index (χ2v) is 9.16. The monoisotopic (exact) mass is 493 g/mol. The first-order valence-electron chi connectivity index (χ1n) is 9.68. The third-order valence-electron chi connectivity index (χ3n) is 4.56. The van der Waals surface area contributed by atoms with E-state index in [0.717, 1.165) is 18.4 Å². The molecule has 4 aromatic rings. The molecule has 14 heteroatoms. The van der Waals surface area contributed by atoms with Crippen molar-refractivity contribution in [3.63, 3.8) is 0 Å². The number of sulfone groups is 1. The summed E-state index contributed by atoms with van der Waals surface area (Å²) >= 11 is 0. The number of alkyl halides is 2. The number of fused-ring (bicyclic) bond motifs is 1. The molecule has 0 aliphatic rings. The van der Waals surface area contributed by atoms with Crippen LogP contribution in [0.5, 0.6) is 0 Å². The Kier molecular flexibility index (Phi) is 6.34. The number of hydrogen-bond acceptors (Lipinski definition) is 9. The lowest BCUT2D eigenvalue weighted by molar-refractivity contribution is 0.142. The van der Waals surface area contributed by atoms with Crippen molar-refractivity contribution in [2.75, 3.05) is 24.0 Å². The van der Waals surface area contributed by atoms with E-state index in [2.05, 4.69) is 35.8 Å². The number of methoxy groups -OCH3 is 1. The number of H-pyrrole nitrogens is 1. The van der Waals surface area contributed by atoms with E-state index < -0.39 is 27.9 Å². The first kappa shape index (κ1) is 23.4. The van der Waals surface area contributed by atoms with Gasteiger partial charge in [-0.2, -0.15) is 5.10 Å². The molecule has 0 saturated heterocycles. The maximum absolute atomic E-state index is 13.7. The smallest absolute Gasteiger partial charge is 0.295 e. The highest BCUT2D eigenvalue weighted by Crippen LogP contribution is 2.32. The van der Waals surface area contributed by atoms with E-state index in [1.165, 1.54) is 19.2 Å².